The van der Waals surface area contributed by atoms with Crippen molar-refractivity contribution in [1.29, 1.82) is 0 Å². The van der Waals surface area contributed by atoms with E-state index < -0.39 is 6.03 Å². The normalized spacial score (nSPS) is 13.4. The molecule has 1 aliphatic heterocycles. The van der Waals surface area contributed by atoms with Crippen LogP contribution in [0.1, 0.15) is 18.4 Å². The van der Waals surface area contributed by atoms with Crippen LogP contribution in [0.3, 0.4) is 0 Å². The highest BCUT2D eigenvalue weighted by atomic mass is 35.5. The Morgan fingerprint density at radius 3 is 2.30 bits per heavy atom. The van der Waals surface area contributed by atoms with Crippen LogP contribution < -0.4 is 29.9 Å². The highest BCUT2D eigenvalue weighted by Gasteiger charge is 2.23. The van der Waals surface area contributed by atoms with Gasteiger partial charge in [0.1, 0.15) is 39.5 Å². The molecule has 1 fully saturated rings. The Morgan fingerprint density at radius 1 is 1.05 bits per heavy atom. The third-order valence-corrected chi connectivity index (χ3v) is 8.36. The molecule has 13 heteroatoms. The number of amides is 2. The number of anilines is 5. The average molecular weight is 643 g/mol. The second kappa shape index (κ2) is 14.6. The van der Waals surface area contributed by atoms with E-state index in [0.717, 1.165) is 37.2 Å². The van der Waals surface area contributed by atoms with E-state index in [4.69, 9.17) is 32.7 Å². The molecule has 4 rings (SSSR count). The van der Waals surface area contributed by atoms with Gasteiger partial charge in [-0.3, -0.25) is 9.69 Å². The zero-order valence-corrected chi connectivity index (χ0v) is 27.0. The van der Waals surface area contributed by atoms with E-state index in [9.17, 15) is 9.59 Å². The Kier molecular flexibility index (Phi) is 10.9. The van der Waals surface area contributed by atoms with Gasteiger partial charge < -0.3 is 29.9 Å². The molecule has 0 unspecified atom stereocenters. The maximum absolute atomic E-state index is 13.2. The molecule has 0 bridgehead atoms. The number of carbonyl (C=O) groups is 2. The van der Waals surface area contributed by atoms with E-state index in [1.165, 1.54) is 37.6 Å². The molecule has 0 atom stereocenters. The highest BCUT2D eigenvalue weighted by molar-refractivity contribution is 6.41. The van der Waals surface area contributed by atoms with Crippen molar-refractivity contribution >= 4 is 63.7 Å². The zero-order valence-electron chi connectivity index (χ0n) is 25.5. The number of nitrogens with zero attached hydrogens (tertiary/aromatic N) is 5. The SMILES string of the molecule is C=CC(=O)Cc1cc(N2CCC(N(C)C)CC2)ccc1Nc1cc(N(C)C(=O)Nc2c(Cl)c(OC)cc(OC)c2Cl)ncn1. The van der Waals surface area contributed by atoms with Gasteiger partial charge in [0.2, 0.25) is 0 Å². The van der Waals surface area contributed by atoms with Gasteiger partial charge in [-0.15, -0.1) is 0 Å². The van der Waals surface area contributed by atoms with Crippen LogP contribution in [-0.2, 0) is 11.2 Å². The minimum atomic E-state index is -0.562. The zero-order chi connectivity index (χ0) is 32.0. The number of piperidine rings is 1. The third kappa shape index (κ3) is 7.53. The summed E-state index contributed by atoms with van der Waals surface area (Å²) in [6.45, 7) is 5.51. The summed E-state index contributed by atoms with van der Waals surface area (Å²) < 4.78 is 10.6. The van der Waals surface area contributed by atoms with Crippen LogP contribution in [0.4, 0.5) is 33.5 Å². The molecule has 44 heavy (non-hydrogen) atoms. The number of hydrogen-bond donors (Lipinski definition) is 2. The van der Waals surface area contributed by atoms with E-state index in [0.29, 0.717) is 23.4 Å². The summed E-state index contributed by atoms with van der Waals surface area (Å²) in [4.78, 5) is 40.1. The van der Waals surface area contributed by atoms with Crippen molar-refractivity contribution in [2.45, 2.75) is 25.3 Å². The molecule has 0 spiro atoms. The lowest BCUT2D eigenvalue weighted by molar-refractivity contribution is -0.114. The van der Waals surface area contributed by atoms with Crippen molar-refractivity contribution in [3.05, 3.63) is 64.9 Å². The Hall–Kier alpha value is -4.06. The molecule has 1 aromatic heterocycles. The van der Waals surface area contributed by atoms with Crippen LogP contribution in [0.25, 0.3) is 0 Å². The monoisotopic (exact) mass is 641 g/mol. The van der Waals surface area contributed by atoms with Gasteiger partial charge >= 0.3 is 6.03 Å². The van der Waals surface area contributed by atoms with Gasteiger partial charge in [0.25, 0.3) is 0 Å². The first-order valence-electron chi connectivity index (χ1n) is 14.0. The van der Waals surface area contributed by atoms with Crippen LogP contribution >= 0.6 is 23.2 Å². The molecule has 0 saturated carbocycles. The fraction of sp³-hybridized carbons (Fsp3) is 0.355. The van der Waals surface area contributed by atoms with Gasteiger partial charge in [0, 0.05) is 56.1 Å². The van der Waals surface area contributed by atoms with Crippen LogP contribution in [0, 0.1) is 0 Å². The fourth-order valence-corrected chi connectivity index (χ4v) is 5.57. The Bertz CT molecular complexity index is 1500. The van der Waals surface area contributed by atoms with Gasteiger partial charge in [-0.05, 0) is 56.8 Å². The van der Waals surface area contributed by atoms with E-state index in [1.807, 2.05) is 18.2 Å². The van der Waals surface area contributed by atoms with Gasteiger partial charge in [-0.2, -0.15) is 0 Å². The van der Waals surface area contributed by atoms with E-state index in [2.05, 4.69) is 51.1 Å². The van der Waals surface area contributed by atoms with E-state index in [1.54, 1.807) is 13.1 Å². The number of allylic oxidation sites excluding steroid dienone is 1. The number of methoxy groups -OCH3 is 2. The molecule has 2 aromatic carbocycles. The quantitative estimate of drug-likeness (QED) is 0.242. The van der Waals surface area contributed by atoms with Crippen LogP contribution in [0.15, 0.2) is 49.3 Å². The van der Waals surface area contributed by atoms with Crippen molar-refractivity contribution in [1.82, 2.24) is 14.9 Å². The molecule has 11 nitrogen and oxygen atoms in total. The van der Waals surface area contributed by atoms with Crippen LogP contribution in [0.2, 0.25) is 10.0 Å². The molecule has 3 aromatic rings. The maximum atomic E-state index is 13.2. The molecule has 2 amide bonds. The van der Waals surface area contributed by atoms with Crippen molar-refractivity contribution in [2.75, 3.05) is 68.9 Å². The van der Waals surface area contributed by atoms with Crippen molar-refractivity contribution < 1.29 is 19.1 Å². The van der Waals surface area contributed by atoms with E-state index in [-0.39, 0.29) is 39.4 Å². The number of aromatic nitrogens is 2. The second-order valence-electron chi connectivity index (χ2n) is 10.5. The number of benzene rings is 2. The first-order chi connectivity index (χ1) is 21.1. The predicted octanol–water partition coefficient (Wildman–Crippen LogP) is 6.04. The minimum absolute atomic E-state index is 0.0946. The first-order valence-corrected chi connectivity index (χ1v) is 14.7. The molecule has 1 saturated heterocycles. The number of ether oxygens (including phenoxy) is 2. The summed E-state index contributed by atoms with van der Waals surface area (Å²) in [5.74, 6) is 1.21. The van der Waals surface area contributed by atoms with E-state index >= 15 is 0 Å². The Labute approximate surface area is 267 Å². The van der Waals surface area contributed by atoms with Crippen molar-refractivity contribution in [2.24, 2.45) is 0 Å². The smallest absolute Gasteiger partial charge is 0.327 e. The van der Waals surface area contributed by atoms with Crippen molar-refractivity contribution in [3.63, 3.8) is 0 Å². The fourth-order valence-electron chi connectivity index (χ4n) is 4.97. The highest BCUT2D eigenvalue weighted by Crippen LogP contribution is 2.44. The van der Waals surface area contributed by atoms with Crippen LogP contribution in [-0.4, -0.2) is 81.2 Å². The number of nitrogens with one attached hydrogen (secondary N) is 2. The summed E-state index contributed by atoms with van der Waals surface area (Å²) in [6.07, 6.45) is 4.99. The number of urea groups is 1. The van der Waals surface area contributed by atoms with Crippen LogP contribution in [0.5, 0.6) is 11.5 Å². The molecule has 0 radical (unpaired) electrons. The standard InChI is InChI=1S/C31H37Cl2N7O4/c1-7-22(41)15-19-14-21(40-12-10-20(11-13-40)38(2)3)8-9-23(19)36-26-17-27(35-18-34-26)39(4)31(42)37-30-28(32)24(43-5)16-25(44-6)29(30)33/h7-9,14,16-18,20H,1,10-13,15H2,2-6H3,(H,37,42)(H,34,35,36). The molecule has 1 aliphatic rings. The lowest BCUT2D eigenvalue weighted by Crippen LogP contribution is -2.42. The van der Waals surface area contributed by atoms with Gasteiger partial charge in [-0.25, -0.2) is 14.8 Å². The molecule has 234 valence electrons. The maximum Gasteiger partial charge on any atom is 0.327 e. The number of rotatable bonds is 11. The topological polar surface area (TPSA) is 112 Å². The predicted molar refractivity (Wildman–Crippen MR) is 177 cm³/mol. The lowest BCUT2D eigenvalue weighted by atomic mass is 10.0. The number of hydrogen-bond acceptors (Lipinski definition) is 9. The Morgan fingerprint density at radius 2 is 1.70 bits per heavy atom. The van der Waals surface area contributed by atoms with Gasteiger partial charge in [0.15, 0.2) is 5.78 Å². The van der Waals surface area contributed by atoms with Crippen molar-refractivity contribution in [3.8, 4) is 11.5 Å². The summed E-state index contributed by atoms with van der Waals surface area (Å²) in [7, 11) is 8.67. The van der Waals surface area contributed by atoms with Gasteiger partial charge in [0.05, 0.1) is 19.9 Å². The second-order valence-corrected chi connectivity index (χ2v) is 11.3. The molecular weight excluding hydrogens is 605 g/mol. The number of ketones is 1. The summed E-state index contributed by atoms with van der Waals surface area (Å²) in [6, 6.07) is 9.17. The minimum Gasteiger partial charge on any atom is -0.495 e. The third-order valence-electron chi connectivity index (χ3n) is 7.61. The Balaban J connectivity index is 1.54. The molecular formula is C31H37Cl2N7O4. The molecule has 0 aliphatic carbocycles. The first kappa shape index (κ1) is 32.8. The number of halogens is 2. The molecule has 2 N–H and O–H groups in total. The largest absolute Gasteiger partial charge is 0.495 e. The summed E-state index contributed by atoms with van der Waals surface area (Å²) >= 11 is 12.9. The van der Waals surface area contributed by atoms with Gasteiger partial charge in [-0.1, -0.05) is 29.8 Å². The summed E-state index contributed by atoms with van der Waals surface area (Å²) in [5.41, 5.74) is 2.72. The lowest BCUT2D eigenvalue weighted by Gasteiger charge is -2.36. The summed E-state index contributed by atoms with van der Waals surface area (Å²) in [5, 5.41) is 6.24. The molecule has 2 heterocycles. The average Bonchev–Trinajstić information content (AvgIpc) is 3.03. The number of carbonyl (C=O) groups excluding carboxylic acids is 2.